The second kappa shape index (κ2) is 6.98. The lowest BCUT2D eigenvalue weighted by molar-refractivity contribution is 0.211. The van der Waals surface area contributed by atoms with E-state index >= 15 is 0 Å². The molecular weight excluding hydrogens is 358 g/mol. The van der Waals surface area contributed by atoms with Crippen LogP contribution in [-0.2, 0) is 16.3 Å². The third-order valence-electron chi connectivity index (χ3n) is 3.28. The van der Waals surface area contributed by atoms with E-state index in [9.17, 15) is 8.42 Å². The van der Waals surface area contributed by atoms with Gasteiger partial charge in [-0.2, -0.15) is 0 Å². The highest BCUT2D eigenvalue weighted by atomic mass is 79.9. The average molecular weight is 378 g/mol. The van der Waals surface area contributed by atoms with Gasteiger partial charge in [-0.3, -0.25) is 0 Å². The lowest BCUT2D eigenvalue weighted by Crippen LogP contribution is -2.18. The Morgan fingerprint density at radius 1 is 1.43 bits per heavy atom. The molecule has 2 N–H and O–H groups in total. The van der Waals surface area contributed by atoms with Crippen LogP contribution in [0.3, 0.4) is 0 Å². The van der Waals surface area contributed by atoms with E-state index < -0.39 is 9.84 Å². The molecule has 1 aromatic carbocycles. The Kier molecular flexibility index (Phi) is 5.51. The molecule has 1 unspecified atom stereocenters. The molecule has 5 nitrogen and oxygen atoms in total. The third-order valence-corrected chi connectivity index (χ3v) is 5.60. The monoisotopic (exact) mass is 377 g/mol. The second-order valence-corrected chi connectivity index (χ2v) is 8.10. The summed E-state index contributed by atoms with van der Waals surface area (Å²) < 4.78 is 35.3. The van der Waals surface area contributed by atoms with E-state index in [0.29, 0.717) is 31.1 Å². The Labute approximate surface area is 133 Å². The van der Waals surface area contributed by atoms with Crippen LogP contribution in [-0.4, -0.2) is 39.2 Å². The topological polar surface area (TPSA) is 78.6 Å². The van der Waals surface area contributed by atoms with Crippen LogP contribution in [0.4, 0.5) is 0 Å². The lowest BCUT2D eigenvalue weighted by Gasteiger charge is -2.18. The molecule has 0 saturated carbocycles. The minimum atomic E-state index is -2.97. The van der Waals surface area contributed by atoms with E-state index in [4.69, 9.17) is 15.2 Å². The minimum absolute atomic E-state index is 0.0650. The lowest BCUT2D eigenvalue weighted by atomic mass is 10.1. The quantitative estimate of drug-likeness (QED) is 0.818. The van der Waals surface area contributed by atoms with Crippen LogP contribution in [0.2, 0.25) is 0 Å². The maximum atomic E-state index is 11.5. The van der Waals surface area contributed by atoms with Crippen molar-refractivity contribution < 1.29 is 17.9 Å². The molecule has 0 aromatic heterocycles. The van der Waals surface area contributed by atoms with E-state index in [-0.39, 0.29) is 17.6 Å². The van der Waals surface area contributed by atoms with Gasteiger partial charge in [0.25, 0.3) is 0 Å². The first-order valence-electron chi connectivity index (χ1n) is 6.97. The number of hydrogen-bond acceptors (Lipinski definition) is 5. The highest BCUT2D eigenvalue weighted by molar-refractivity contribution is 9.10. The zero-order chi connectivity index (χ0) is 15.5. The van der Waals surface area contributed by atoms with Crippen LogP contribution in [0.15, 0.2) is 16.6 Å². The van der Waals surface area contributed by atoms with Gasteiger partial charge in [-0.25, -0.2) is 8.42 Å². The van der Waals surface area contributed by atoms with Gasteiger partial charge < -0.3 is 15.2 Å². The number of halogens is 1. The summed E-state index contributed by atoms with van der Waals surface area (Å²) in [6, 6.07) is 3.84. The van der Waals surface area contributed by atoms with Crippen LogP contribution < -0.4 is 15.2 Å². The summed E-state index contributed by atoms with van der Waals surface area (Å²) in [4.78, 5) is 0. The molecule has 0 amide bonds. The fourth-order valence-electron chi connectivity index (χ4n) is 2.33. The zero-order valence-corrected chi connectivity index (χ0v) is 14.4. The number of hydrogen-bond donors (Lipinski definition) is 1. The summed E-state index contributed by atoms with van der Waals surface area (Å²) in [5.41, 5.74) is 6.64. The van der Waals surface area contributed by atoms with Crippen molar-refractivity contribution in [3.05, 3.63) is 22.2 Å². The molecule has 0 radical (unpaired) electrons. The molecule has 1 heterocycles. The second-order valence-electron chi connectivity index (χ2n) is 5.02. The number of sulfone groups is 1. The van der Waals surface area contributed by atoms with Crippen molar-refractivity contribution in [1.29, 1.82) is 0 Å². The van der Waals surface area contributed by atoms with Crippen molar-refractivity contribution in [2.24, 2.45) is 5.73 Å². The van der Waals surface area contributed by atoms with Gasteiger partial charge in [0.2, 0.25) is 0 Å². The predicted molar refractivity (Wildman–Crippen MR) is 85.8 cm³/mol. The Bertz CT molecular complexity index is 603. The Hall–Kier alpha value is -0.790. The van der Waals surface area contributed by atoms with Crippen LogP contribution >= 0.6 is 15.9 Å². The van der Waals surface area contributed by atoms with Crippen molar-refractivity contribution in [1.82, 2.24) is 0 Å². The van der Waals surface area contributed by atoms with E-state index in [2.05, 4.69) is 15.9 Å². The number of ether oxygens (including phenoxy) is 2. The molecule has 7 heteroatoms. The first-order chi connectivity index (χ1) is 9.95. The van der Waals surface area contributed by atoms with E-state index in [1.54, 1.807) is 0 Å². The van der Waals surface area contributed by atoms with Crippen LogP contribution in [0.1, 0.15) is 18.9 Å². The molecule has 118 valence electrons. The van der Waals surface area contributed by atoms with Crippen molar-refractivity contribution in [2.45, 2.75) is 25.9 Å². The number of benzene rings is 1. The summed E-state index contributed by atoms with van der Waals surface area (Å²) in [7, 11) is -2.97. The SMILES string of the molecule is CCOc1cc(CCN)cc(Br)c1OC1CCS(=O)(=O)C1. The first-order valence-corrected chi connectivity index (χ1v) is 9.59. The molecule has 21 heavy (non-hydrogen) atoms. The maximum Gasteiger partial charge on any atom is 0.175 e. The van der Waals surface area contributed by atoms with Crippen molar-refractivity contribution in [2.75, 3.05) is 24.7 Å². The molecule has 2 rings (SSSR count). The highest BCUT2D eigenvalue weighted by Gasteiger charge is 2.30. The highest BCUT2D eigenvalue weighted by Crippen LogP contribution is 2.38. The fourth-order valence-corrected chi connectivity index (χ4v) is 4.50. The third kappa shape index (κ3) is 4.34. The normalized spacial score (nSPS) is 20.4. The molecule has 1 aromatic rings. The molecule has 1 fully saturated rings. The molecule has 1 aliphatic heterocycles. The van der Waals surface area contributed by atoms with Gasteiger partial charge in [-0.1, -0.05) is 0 Å². The van der Waals surface area contributed by atoms with Crippen molar-refractivity contribution in [3.63, 3.8) is 0 Å². The summed E-state index contributed by atoms with van der Waals surface area (Å²) in [6.07, 6.45) is 0.952. The van der Waals surface area contributed by atoms with Crippen LogP contribution in [0.5, 0.6) is 11.5 Å². The van der Waals surface area contributed by atoms with E-state index in [0.717, 1.165) is 16.5 Å². The summed E-state index contributed by atoms with van der Waals surface area (Å²) in [6.45, 7) is 2.96. The molecule has 1 saturated heterocycles. The molecule has 0 aliphatic carbocycles. The summed E-state index contributed by atoms with van der Waals surface area (Å²) in [5.74, 6) is 1.44. The smallest absolute Gasteiger partial charge is 0.175 e. The first kappa shape index (κ1) is 16.6. The van der Waals surface area contributed by atoms with Gasteiger partial charge in [0, 0.05) is 0 Å². The van der Waals surface area contributed by atoms with E-state index in [1.165, 1.54) is 0 Å². The van der Waals surface area contributed by atoms with Gasteiger partial charge in [-0.05, 0) is 59.9 Å². The van der Waals surface area contributed by atoms with Gasteiger partial charge in [0.1, 0.15) is 6.10 Å². The molecular formula is C14H20BrNO4S. The van der Waals surface area contributed by atoms with Crippen molar-refractivity contribution >= 4 is 25.8 Å². The molecule has 0 spiro atoms. The fraction of sp³-hybridized carbons (Fsp3) is 0.571. The predicted octanol–water partition coefficient (Wildman–Crippen LogP) is 1.91. The van der Waals surface area contributed by atoms with Gasteiger partial charge in [-0.15, -0.1) is 0 Å². The Morgan fingerprint density at radius 2 is 2.19 bits per heavy atom. The number of nitrogens with two attached hydrogens (primary N) is 1. The standard InChI is InChI=1S/C14H20BrNO4S/c1-2-19-13-8-10(3-5-16)7-12(15)14(13)20-11-4-6-21(17,18)9-11/h7-8,11H,2-6,9,16H2,1H3. The molecule has 0 bridgehead atoms. The van der Waals surface area contributed by atoms with Crippen LogP contribution in [0.25, 0.3) is 0 Å². The van der Waals surface area contributed by atoms with Gasteiger partial charge in [0.15, 0.2) is 21.3 Å². The maximum absolute atomic E-state index is 11.5. The Morgan fingerprint density at radius 3 is 2.76 bits per heavy atom. The largest absolute Gasteiger partial charge is 0.490 e. The van der Waals surface area contributed by atoms with Crippen molar-refractivity contribution in [3.8, 4) is 11.5 Å². The number of rotatable bonds is 6. The average Bonchev–Trinajstić information content (AvgIpc) is 2.74. The summed E-state index contributed by atoms with van der Waals surface area (Å²) >= 11 is 3.48. The summed E-state index contributed by atoms with van der Waals surface area (Å²) in [5, 5.41) is 0. The van der Waals surface area contributed by atoms with Gasteiger partial charge >= 0.3 is 0 Å². The Balaban J connectivity index is 2.25. The van der Waals surface area contributed by atoms with Gasteiger partial charge in [0.05, 0.1) is 22.6 Å². The minimum Gasteiger partial charge on any atom is -0.490 e. The van der Waals surface area contributed by atoms with Crippen LogP contribution in [0, 0.1) is 0 Å². The zero-order valence-electron chi connectivity index (χ0n) is 12.0. The molecule has 1 aliphatic rings. The molecule has 1 atom stereocenters. The van der Waals surface area contributed by atoms with E-state index in [1.807, 2.05) is 19.1 Å².